The molecule has 0 saturated carbocycles. The first kappa shape index (κ1) is 13.4. The first-order valence-electron chi connectivity index (χ1n) is 4.95. The van der Waals surface area contributed by atoms with Gasteiger partial charge in [-0.05, 0) is 30.3 Å². The normalized spacial score (nSPS) is 10.4. The highest BCUT2D eigenvalue weighted by atomic mass is 35.5. The van der Waals surface area contributed by atoms with E-state index in [0.717, 1.165) is 0 Å². The molecule has 0 N–H and O–H groups in total. The maximum atomic E-state index is 12.8. The Morgan fingerprint density at radius 1 is 1.06 bits per heavy atom. The summed E-state index contributed by atoms with van der Waals surface area (Å²) >= 11 is 17.5. The van der Waals surface area contributed by atoms with Gasteiger partial charge in [-0.1, -0.05) is 34.8 Å². The zero-order valence-electron chi connectivity index (χ0n) is 8.96. The lowest BCUT2D eigenvalue weighted by atomic mass is 10.3. The lowest BCUT2D eigenvalue weighted by molar-refractivity contribution is 0.301. The zero-order valence-corrected chi connectivity index (χ0v) is 11.2. The Balaban J connectivity index is 2.13. The third kappa shape index (κ3) is 3.25. The van der Waals surface area contributed by atoms with Crippen LogP contribution in [0.25, 0.3) is 0 Å². The van der Waals surface area contributed by atoms with Crippen molar-refractivity contribution in [1.29, 1.82) is 0 Å². The van der Waals surface area contributed by atoms with Crippen molar-refractivity contribution in [2.45, 2.75) is 6.61 Å². The third-order valence-corrected chi connectivity index (χ3v) is 2.99. The highest BCUT2D eigenvalue weighted by Gasteiger charge is 2.07. The van der Waals surface area contributed by atoms with Crippen molar-refractivity contribution in [3.63, 3.8) is 0 Å². The molecule has 0 aliphatic carbocycles. The van der Waals surface area contributed by atoms with E-state index in [1.165, 1.54) is 18.2 Å². The summed E-state index contributed by atoms with van der Waals surface area (Å²) in [5.74, 6) is -0.0674. The van der Waals surface area contributed by atoms with Crippen molar-refractivity contribution in [1.82, 2.24) is 4.98 Å². The van der Waals surface area contributed by atoms with Gasteiger partial charge in [-0.25, -0.2) is 9.37 Å². The van der Waals surface area contributed by atoms with Crippen LogP contribution in [0.3, 0.4) is 0 Å². The third-order valence-electron chi connectivity index (χ3n) is 2.14. The Hall–Kier alpha value is -1.03. The summed E-state index contributed by atoms with van der Waals surface area (Å²) in [5.41, 5.74) is 0.490. The molecule has 18 heavy (non-hydrogen) atoms. The maximum absolute atomic E-state index is 12.8. The molecule has 0 bridgehead atoms. The van der Waals surface area contributed by atoms with Gasteiger partial charge in [-0.3, -0.25) is 0 Å². The number of hydrogen-bond acceptors (Lipinski definition) is 2. The van der Waals surface area contributed by atoms with Gasteiger partial charge in [-0.2, -0.15) is 0 Å². The molecule has 0 amide bonds. The van der Waals surface area contributed by atoms with Crippen LogP contribution in [-0.4, -0.2) is 4.98 Å². The van der Waals surface area contributed by atoms with Crippen molar-refractivity contribution in [3.8, 4) is 5.75 Å². The number of nitrogens with zero attached hydrogens (tertiary/aromatic N) is 1. The molecule has 0 radical (unpaired) electrons. The van der Waals surface area contributed by atoms with Crippen molar-refractivity contribution >= 4 is 34.8 Å². The number of aromatic nitrogens is 1. The number of rotatable bonds is 3. The van der Waals surface area contributed by atoms with E-state index in [-0.39, 0.29) is 11.6 Å². The Morgan fingerprint density at radius 2 is 1.83 bits per heavy atom. The molecular weight excluding hydrogens is 299 g/mol. The van der Waals surface area contributed by atoms with Crippen LogP contribution in [0.5, 0.6) is 5.75 Å². The molecule has 0 aliphatic rings. The van der Waals surface area contributed by atoms with Crippen LogP contribution < -0.4 is 4.74 Å². The fourth-order valence-corrected chi connectivity index (χ4v) is 1.84. The predicted octanol–water partition coefficient (Wildman–Crippen LogP) is 4.76. The van der Waals surface area contributed by atoms with E-state index < -0.39 is 5.82 Å². The second-order valence-corrected chi connectivity index (χ2v) is 4.63. The number of pyridine rings is 1. The highest BCUT2D eigenvalue weighted by Crippen LogP contribution is 2.26. The second kappa shape index (κ2) is 5.74. The quantitative estimate of drug-likeness (QED) is 0.763. The largest absolute Gasteiger partial charge is 0.486 e. The molecular formula is C12H7Cl3FNO. The SMILES string of the molecule is Fc1ccc(OCc2nc(Cl)ccc2Cl)c(Cl)c1. The van der Waals surface area contributed by atoms with Crippen molar-refractivity contribution in [2.75, 3.05) is 0 Å². The van der Waals surface area contributed by atoms with E-state index >= 15 is 0 Å². The van der Waals surface area contributed by atoms with Crippen LogP contribution >= 0.6 is 34.8 Å². The predicted molar refractivity (Wildman–Crippen MR) is 70.0 cm³/mol. The fourth-order valence-electron chi connectivity index (χ4n) is 1.30. The summed E-state index contributed by atoms with van der Waals surface area (Å²) < 4.78 is 18.2. The summed E-state index contributed by atoms with van der Waals surface area (Å²) in [6.45, 7) is 0.102. The molecule has 0 unspecified atom stereocenters. The topological polar surface area (TPSA) is 22.1 Å². The van der Waals surface area contributed by atoms with Gasteiger partial charge in [0.15, 0.2) is 0 Å². The van der Waals surface area contributed by atoms with E-state index in [1.807, 2.05) is 0 Å². The average molecular weight is 307 g/mol. The van der Waals surface area contributed by atoms with E-state index in [9.17, 15) is 4.39 Å². The molecule has 2 aromatic rings. The Morgan fingerprint density at radius 3 is 2.56 bits per heavy atom. The number of ether oxygens (including phenoxy) is 1. The number of benzene rings is 1. The summed E-state index contributed by atoms with van der Waals surface area (Å²) in [4.78, 5) is 4.03. The van der Waals surface area contributed by atoms with Gasteiger partial charge in [0.2, 0.25) is 0 Å². The molecule has 2 rings (SSSR count). The minimum atomic E-state index is -0.425. The van der Waals surface area contributed by atoms with Crippen LogP contribution in [0.1, 0.15) is 5.69 Å². The van der Waals surface area contributed by atoms with Crippen LogP contribution in [-0.2, 0) is 6.61 Å². The monoisotopic (exact) mass is 305 g/mol. The maximum Gasteiger partial charge on any atom is 0.138 e. The van der Waals surface area contributed by atoms with Gasteiger partial charge >= 0.3 is 0 Å². The first-order valence-corrected chi connectivity index (χ1v) is 6.08. The van der Waals surface area contributed by atoms with Crippen LogP contribution in [0.4, 0.5) is 4.39 Å². The van der Waals surface area contributed by atoms with Crippen LogP contribution in [0.15, 0.2) is 30.3 Å². The van der Waals surface area contributed by atoms with E-state index in [2.05, 4.69) is 4.98 Å². The molecule has 1 heterocycles. The zero-order chi connectivity index (χ0) is 13.1. The molecule has 1 aromatic carbocycles. The molecule has 0 spiro atoms. The summed E-state index contributed by atoms with van der Waals surface area (Å²) in [6.07, 6.45) is 0. The Kier molecular flexibility index (Phi) is 4.27. The van der Waals surface area contributed by atoms with Crippen molar-refractivity contribution in [2.24, 2.45) is 0 Å². The minimum Gasteiger partial charge on any atom is -0.486 e. The highest BCUT2D eigenvalue weighted by molar-refractivity contribution is 6.32. The lowest BCUT2D eigenvalue weighted by Gasteiger charge is -2.08. The molecule has 94 valence electrons. The number of hydrogen-bond donors (Lipinski definition) is 0. The molecule has 0 saturated heterocycles. The fraction of sp³-hybridized carbons (Fsp3) is 0.0833. The Labute approximate surface area is 118 Å². The van der Waals surface area contributed by atoms with Gasteiger partial charge < -0.3 is 4.74 Å². The van der Waals surface area contributed by atoms with Gasteiger partial charge in [0.05, 0.1) is 15.7 Å². The second-order valence-electron chi connectivity index (χ2n) is 3.43. The molecule has 0 fully saturated rings. The standard InChI is InChI=1S/C12H7Cl3FNO/c13-8-2-4-12(15)17-10(8)6-18-11-3-1-7(16)5-9(11)14/h1-5H,6H2. The van der Waals surface area contributed by atoms with E-state index in [4.69, 9.17) is 39.5 Å². The van der Waals surface area contributed by atoms with Crippen molar-refractivity contribution < 1.29 is 9.13 Å². The molecule has 1 aromatic heterocycles. The lowest BCUT2D eigenvalue weighted by Crippen LogP contribution is -2.00. The van der Waals surface area contributed by atoms with Gasteiger partial charge in [-0.15, -0.1) is 0 Å². The van der Waals surface area contributed by atoms with Crippen LogP contribution in [0.2, 0.25) is 15.2 Å². The smallest absolute Gasteiger partial charge is 0.138 e. The van der Waals surface area contributed by atoms with Gasteiger partial charge in [0.1, 0.15) is 23.3 Å². The molecule has 0 aliphatic heterocycles. The minimum absolute atomic E-state index is 0.102. The van der Waals surface area contributed by atoms with E-state index in [0.29, 0.717) is 21.6 Å². The first-order chi connectivity index (χ1) is 8.56. The molecule has 6 heteroatoms. The number of halogens is 4. The average Bonchev–Trinajstić information content (AvgIpc) is 2.32. The Bertz CT molecular complexity index is 577. The van der Waals surface area contributed by atoms with Gasteiger partial charge in [0, 0.05) is 0 Å². The van der Waals surface area contributed by atoms with E-state index in [1.54, 1.807) is 12.1 Å². The summed E-state index contributed by atoms with van der Waals surface area (Å²) in [6, 6.07) is 7.08. The van der Waals surface area contributed by atoms with Crippen molar-refractivity contribution in [3.05, 3.63) is 57.0 Å². The van der Waals surface area contributed by atoms with Gasteiger partial charge in [0.25, 0.3) is 0 Å². The summed E-state index contributed by atoms with van der Waals surface area (Å²) in [5, 5.41) is 0.953. The van der Waals surface area contributed by atoms with Crippen LogP contribution in [0, 0.1) is 5.82 Å². The summed E-state index contributed by atoms with van der Waals surface area (Å²) in [7, 11) is 0. The molecule has 2 nitrogen and oxygen atoms in total. The molecule has 0 atom stereocenters.